The minimum Gasteiger partial charge on any atom is -0.494 e. The molecular weight excluding hydrogens is 280 g/mol. The van der Waals surface area contributed by atoms with Crippen LogP contribution in [0.4, 0.5) is 0 Å². The lowest BCUT2D eigenvalue weighted by Crippen LogP contribution is -2.40. The van der Waals surface area contributed by atoms with Crippen LogP contribution >= 0.6 is 0 Å². The van der Waals surface area contributed by atoms with Crippen LogP contribution in [-0.4, -0.2) is 38.3 Å². The number of carbonyl (C=O) groups is 1. The highest BCUT2D eigenvalue weighted by Gasteiger charge is 2.20. The van der Waals surface area contributed by atoms with Crippen LogP contribution in [0.5, 0.6) is 5.75 Å². The summed E-state index contributed by atoms with van der Waals surface area (Å²) in [6, 6.07) is 7.81. The highest BCUT2D eigenvalue weighted by Crippen LogP contribution is 2.18. The smallest absolute Gasteiger partial charge is 0.251 e. The Labute approximate surface area is 132 Å². The van der Waals surface area contributed by atoms with Crippen LogP contribution < -0.4 is 15.8 Å². The number of hydrogen-bond acceptors (Lipinski definition) is 4. The maximum Gasteiger partial charge on any atom is 0.251 e. The maximum absolute atomic E-state index is 12.2. The van der Waals surface area contributed by atoms with Crippen LogP contribution in [0.15, 0.2) is 24.3 Å². The number of benzene rings is 1. The fourth-order valence-corrected chi connectivity index (χ4v) is 2.63. The third-order valence-electron chi connectivity index (χ3n) is 3.99. The van der Waals surface area contributed by atoms with E-state index in [0.29, 0.717) is 24.8 Å². The highest BCUT2D eigenvalue weighted by atomic mass is 16.5. The third-order valence-corrected chi connectivity index (χ3v) is 3.99. The Morgan fingerprint density at radius 3 is 2.50 bits per heavy atom. The molecule has 1 amide bonds. The number of amides is 1. The molecule has 1 fully saturated rings. The van der Waals surface area contributed by atoms with Gasteiger partial charge in [0, 0.05) is 37.8 Å². The van der Waals surface area contributed by atoms with Crippen molar-refractivity contribution in [2.24, 2.45) is 5.73 Å². The van der Waals surface area contributed by atoms with Gasteiger partial charge >= 0.3 is 0 Å². The zero-order chi connectivity index (χ0) is 15.8. The van der Waals surface area contributed by atoms with Gasteiger partial charge in [0.05, 0.1) is 6.61 Å². The second kappa shape index (κ2) is 8.76. The van der Waals surface area contributed by atoms with Crippen molar-refractivity contribution >= 4 is 5.91 Å². The van der Waals surface area contributed by atoms with E-state index in [1.165, 1.54) is 0 Å². The van der Waals surface area contributed by atoms with Crippen molar-refractivity contribution in [1.29, 1.82) is 0 Å². The Bertz CT molecular complexity index is 453. The van der Waals surface area contributed by atoms with E-state index in [9.17, 15) is 4.79 Å². The molecule has 0 saturated heterocycles. The summed E-state index contributed by atoms with van der Waals surface area (Å²) in [5, 5.41) is 3.08. The fraction of sp³-hybridized carbons (Fsp3) is 0.588. The van der Waals surface area contributed by atoms with Crippen LogP contribution in [0.2, 0.25) is 0 Å². The van der Waals surface area contributed by atoms with E-state index in [-0.39, 0.29) is 11.9 Å². The average molecular weight is 306 g/mol. The molecule has 1 aromatic rings. The maximum atomic E-state index is 12.2. The van der Waals surface area contributed by atoms with Crippen molar-refractivity contribution in [3.05, 3.63) is 29.8 Å². The van der Waals surface area contributed by atoms with Gasteiger partial charge in [-0.2, -0.15) is 0 Å². The van der Waals surface area contributed by atoms with E-state index in [0.717, 1.165) is 37.9 Å². The van der Waals surface area contributed by atoms with Gasteiger partial charge in [-0.1, -0.05) is 0 Å². The molecule has 0 bridgehead atoms. The molecule has 0 spiro atoms. The Kier molecular flexibility index (Phi) is 6.68. The first-order valence-corrected chi connectivity index (χ1v) is 7.97. The Morgan fingerprint density at radius 2 is 1.86 bits per heavy atom. The minimum atomic E-state index is -0.0218. The topological polar surface area (TPSA) is 73.6 Å². The zero-order valence-electron chi connectivity index (χ0n) is 13.2. The van der Waals surface area contributed by atoms with Crippen LogP contribution in [0.1, 0.15) is 42.5 Å². The molecule has 0 aromatic heterocycles. The summed E-state index contributed by atoms with van der Waals surface area (Å²) in [6.07, 6.45) is 4.75. The Hall–Kier alpha value is -1.59. The van der Waals surface area contributed by atoms with Crippen molar-refractivity contribution in [3.63, 3.8) is 0 Å². The van der Waals surface area contributed by atoms with Crippen molar-refractivity contribution in [1.82, 2.24) is 5.32 Å². The molecule has 5 nitrogen and oxygen atoms in total. The summed E-state index contributed by atoms with van der Waals surface area (Å²) in [5.74, 6) is 0.752. The minimum absolute atomic E-state index is 0.0218. The molecule has 0 aliphatic heterocycles. The first kappa shape index (κ1) is 16.8. The zero-order valence-corrected chi connectivity index (χ0v) is 13.2. The molecule has 0 heterocycles. The fourth-order valence-electron chi connectivity index (χ4n) is 2.63. The molecule has 1 saturated carbocycles. The number of hydrogen-bond donors (Lipinski definition) is 2. The van der Waals surface area contributed by atoms with Crippen LogP contribution in [0, 0.1) is 0 Å². The molecule has 122 valence electrons. The molecule has 5 heteroatoms. The molecule has 22 heavy (non-hydrogen) atoms. The van der Waals surface area contributed by atoms with E-state index in [1.807, 2.05) is 12.1 Å². The Balaban J connectivity index is 1.78. The van der Waals surface area contributed by atoms with Crippen molar-refractivity contribution in [3.8, 4) is 5.75 Å². The normalized spacial score (nSPS) is 21.4. The lowest BCUT2D eigenvalue weighted by Gasteiger charge is -2.26. The molecule has 0 radical (unpaired) electrons. The van der Waals surface area contributed by atoms with Gasteiger partial charge in [-0.25, -0.2) is 0 Å². The first-order chi connectivity index (χ1) is 10.7. The molecule has 0 atom stereocenters. The summed E-state index contributed by atoms with van der Waals surface area (Å²) in [6.45, 7) is 1.30. The monoisotopic (exact) mass is 306 g/mol. The standard InChI is InChI=1S/C17H26N2O3/c1-21-11-2-12-22-16-9-3-13(4-10-16)17(20)19-15-7-5-14(18)6-8-15/h3-4,9-10,14-15H,2,5-8,11-12,18H2,1H3,(H,19,20). The third kappa shape index (κ3) is 5.31. The van der Waals surface area contributed by atoms with Gasteiger partial charge in [-0.05, 0) is 49.9 Å². The number of ether oxygens (including phenoxy) is 2. The van der Waals surface area contributed by atoms with E-state index in [4.69, 9.17) is 15.2 Å². The summed E-state index contributed by atoms with van der Waals surface area (Å²) in [7, 11) is 1.67. The number of methoxy groups -OCH3 is 1. The highest BCUT2D eigenvalue weighted by molar-refractivity contribution is 5.94. The predicted molar refractivity (Wildman–Crippen MR) is 86.1 cm³/mol. The van der Waals surface area contributed by atoms with Crippen molar-refractivity contribution in [2.45, 2.75) is 44.2 Å². The average Bonchev–Trinajstić information content (AvgIpc) is 2.54. The first-order valence-electron chi connectivity index (χ1n) is 7.97. The van der Waals surface area contributed by atoms with Gasteiger partial charge in [-0.3, -0.25) is 4.79 Å². The summed E-state index contributed by atoms with van der Waals surface area (Å²) < 4.78 is 10.5. The lowest BCUT2D eigenvalue weighted by atomic mass is 9.91. The van der Waals surface area contributed by atoms with Gasteiger partial charge in [-0.15, -0.1) is 0 Å². The summed E-state index contributed by atoms with van der Waals surface area (Å²) in [5.41, 5.74) is 6.55. The van der Waals surface area contributed by atoms with Gasteiger partial charge in [0.2, 0.25) is 0 Å². The van der Waals surface area contributed by atoms with Crippen molar-refractivity contribution < 1.29 is 14.3 Å². The van der Waals surface area contributed by atoms with Gasteiger partial charge in [0.15, 0.2) is 0 Å². The summed E-state index contributed by atoms with van der Waals surface area (Å²) in [4.78, 5) is 12.2. The van der Waals surface area contributed by atoms with E-state index in [2.05, 4.69) is 5.32 Å². The molecule has 1 aliphatic carbocycles. The quantitative estimate of drug-likeness (QED) is 0.757. The largest absolute Gasteiger partial charge is 0.494 e. The second-order valence-electron chi connectivity index (χ2n) is 5.80. The molecule has 1 aliphatic rings. The second-order valence-corrected chi connectivity index (χ2v) is 5.80. The van der Waals surface area contributed by atoms with E-state index < -0.39 is 0 Å². The lowest BCUT2D eigenvalue weighted by molar-refractivity contribution is 0.0926. The van der Waals surface area contributed by atoms with Crippen LogP contribution in [-0.2, 0) is 4.74 Å². The number of nitrogens with two attached hydrogens (primary N) is 1. The van der Waals surface area contributed by atoms with Crippen LogP contribution in [0.3, 0.4) is 0 Å². The van der Waals surface area contributed by atoms with E-state index in [1.54, 1.807) is 19.2 Å². The van der Waals surface area contributed by atoms with Gasteiger partial charge in [0.25, 0.3) is 5.91 Å². The molecule has 3 N–H and O–H groups in total. The molecule has 0 unspecified atom stereocenters. The SMILES string of the molecule is COCCCOc1ccc(C(=O)NC2CCC(N)CC2)cc1. The van der Waals surface area contributed by atoms with E-state index >= 15 is 0 Å². The molecular formula is C17H26N2O3. The molecule has 1 aromatic carbocycles. The predicted octanol–water partition coefficient (Wildman–Crippen LogP) is 2.10. The summed E-state index contributed by atoms with van der Waals surface area (Å²) >= 11 is 0. The van der Waals surface area contributed by atoms with Gasteiger partial charge < -0.3 is 20.5 Å². The Morgan fingerprint density at radius 1 is 1.18 bits per heavy atom. The van der Waals surface area contributed by atoms with Gasteiger partial charge in [0.1, 0.15) is 5.75 Å². The number of nitrogens with one attached hydrogen (secondary N) is 1. The molecule has 2 rings (SSSR count). The van der Waals surface area contributed by atoms with Crippen LogP contribution in [0.25, 0.3) is 0 Å². The number of rotatable bonds is 7. The van der Waals surface area contributed by atoms with Crippen molar-refractivity contribution in [2.75, 3.05) is 20.3 Å². The number of carbonyl (C=O) groups excluding carboxylic acids is 1.